The number of fused-ring (bicyclic) bond motifs is 1. The van der Waals surface area contributed by atoms with E-state index in [1.54, 1.807) is 24.4 Å². The Morgan fingerprint density at radius 3 is 2.76 bits per heavy atom. The second-order valence-electron chi connectivity index (χ2n) is 4.88. The highest BCUT2D eigenvalue weighted by atomic mass is 35.5. The fourth-order valence-corrected chi connectivity index (χ4v) is 2.31. The van der Waals surface area contributed by atoms with Gasteiger partial charge < -0.3 is 9.84 Å². The van der Waals surface area contributed by atoms with Gasteiger partial charge in [-0.15, -0.1) is 10.2 Å². The zero-order valence-electron chi connectivity index (χ0n) is 12.9. The molecule has 126 valence electrons. The summed E-state index contributed by atoms with van der Waals surface area (Å²) in [6.07, 6.45) is 1.62. The van der Waals surface area contributed by atoms with Crippen molar-refractivity contribution < 1.29 is 19.4 Å². The average Bonchev–Trinajstić information content (AvgIpc) is 2.99. The molecule has 0 fully saturated rings. The number of hydrogen-bond donors (Lipinski definition) is 1. The third-order valence-electron chi connectivity index (χ3n) is 3.33. The molecule has 1 N–H and O–H groups in total. The number of hydrogen-bond acceptors (Lipinski definition) is 6. The fraction of sp³-hybridized carbons (Fsp3) is 0.0625. The number of azo groups is 1. The third kappa shape index (κ3) is 3.20. The molecule has 0 radical (unpaired) electrons. The first-order valence-corrected chi connectivity index (χ1v) is 7.39. The van der Waals surface area contributed by atoms with E-state index in [-0.39, 0.29) is 27.8 Å². The van der Waals surface area contributed by atoms with Crippen molar-refractivity contribution in [2.24, 2.45) is 10.2 Å². The lowest BCUT2D eigenvalue weighted by Crippen LogP contribution is -2.00. The average molecular weight is 359 g/mol. The minimum atomic E-state index is -1.23. The number of carboxylic acids is 1. The number of halogens is 1. The lowest BCUT2D eigenvalue weighted by Gasteiger charge is -2.02. The van der Waals surface area contributed by atoms with Crippen molar-refractivity contribution in [3.05, 3.63) is 58.9 Å². The number of imidazole rings is 1. The first kappa shape index (κ1) is 16.6. The van der Waals surface area contributed by atoms with Crippen LogP contribution >= 0.6 is 11.6 Å². The molecule has 3 aromatic rings. The van der Waals surface area contributed by atoms with Crippen LogP contribution in [-0.2, 0) is 4.74 Å². The predicted octanol–water partition coefficient (Wildman–Crippen LogP) is 3.89. The smallest absolute Gasteiger partial charge is 0.358 e. The van der Waals surface area contributed by atoms with Gasteiger partial charge in [0.15, 0.2) is 11.5 Å². The molecule has 0 atom stereocenters. The normalized spacial score (nSPS) is 11.1. The maximum atomic E-state index is 11.6. The van der Waals surface area contributed by atoms with Crippen molar-refractivity contribution >= 4 is 40.7 Å². The van der Waals surface area contributed by atoms with Crippen molar-refractivity contribution in [3.63, 3.8) is 0 Å². The molecule has 2 heterocycles. The molecular weight excluding hydrogens is 348 g/mol. The molecule has 2 aromatic heterocycles. The Kier molecular flexibility index (Phi) is 4.44. The number of aromatic carboxylic acids is 1. The molecule has 0 amide bonds. The minimum absolute atomic E-state index is 0.0441. The highest BCUT2D eigenvalue weighted by Crippen LogP contribution is 2.29. The number of carboxylic acid groups (broad SMARTS) is 1. The van der Waals surface area contributed by atoms with Gasteiger partial charge in [-0.25, -0.2) is 14.6 Å². The minimum Gasteiger partial charge on any atom is -0.476 e. The highest BCUT2D eigenvalue weighted by molar-refractivity contribution is 6.33. The third-order valence-corrected chi connectivity index (χ3v) is 3.65. The van der Waals surface area contributed by atoms with Gasteiger partial charge in [-0.05, 0) is 30.3 Å². The topological polar surface area (TPSA) is 106 Å². The van der Waals surface area contributed by atoms with Gasteiger partial charge in [0.1, 0.15) is 11.3 Å². The summed E-state index contributed by atoms with van der Waals surface area (Å²) in [6, 6.07) is 9.46. The summed E-state index contributed by atoms with van der Waals surface area (Å²) in [7, 11) is 1.26. The van der Waals surface area contributed by atoms with Crippen molar-refractivity contribution in [1.29, 1.82) is 0 Å². The predicted molar refractivity (Wildman–Crippen MR) is 89.1 cm³/mol. The number of nitrogens with zero attached hydrogens (tertiary/aromatic N) is 4. The summed E-state index contributed by atoms with van der Waals surface area (Å²) >= 11 is 6.06. The monoisotopic (exact) mass is 358 g/mol. The molecule has 3 rings (SSSR count). The van der Waals surface area contributed by atoms with Gasteiger partial charge >= 0.3 is 11.9 Å². The summed E-state index contributed by atoms with van der Waals surface area (Å²) in [5, 5.41) is 17.5. The van der Waals surface area contributed by atoms with Crippen LogP contribution in [0.5, 0.6) is 0 Å². The largest absolute Gasteiger partial charge is 0.476 e. The first-order valence-electron chi connectivity index (χ1n) is 7.01. The number of methoxy groups -OCH3 is 1. The summed E-state index contributed by atoms with van der Waals surface area (Å²) in [4.78, 5) is 27.0. The second kappa shape index (κ2) is 6.70. The maximum absolute atomic E-state index is 11.6. The maximum Gasteiger partial charge on any atom is 0.358 e. The number of ether oxygens (including phenoxy) is 1. The zero-order chi connectivity index (χ0) is 18.0. The molecule has 25 heavy (non-hydrogen) atoms. The SMILES string of the molecule is COC(=O)c1ccc(Cl)c(N=Nc2c(C(=O)O)nc3ccccn23)c1. The van der Waals surface area contributed by atoms with Gasteiger partial charge in [0, 0.05) is 6.20 Å². The van der Waals surface area contributed by atoms with Crippen molar-refractivity contribution in [2.75, 3.05) is 7.11 Å². The molecule has 0 spiro atoms. The zero-order valence-corrected chi connectivity index (χ0v) is 13.6. The van der Waals surface area contributed by atoms with Crippen LogP contribution in [0.25, 0.3) is 5.65 Å². The number of aromatic nitrogens is 2. The van der Waals surface area contributed by atoms with E-state index in [4.69, 9.17) is 11.6 Å². The van der Waals surface area contributed by atoms with Crippen LogP contribution < -0.4 is 0 Å². The quantitative estimate of drug-likeness (QED) is 0.562. The number of carbonyl (C=O) groups excluding carboxylic acids is 1. The molecule has 9 heteroatoms. The van der Waals surface area contributed by atoms with E-state index < -0.39 is 11.9 Å². The van der Waals surface area contributed by atoms with E-state index in [9.17, 15) is 14.7 Å². The van der Waals surface area contributed by atoms with Gasteiger partial charge in [0.05, 0.1) is 17.7 Å². The van der Waals surface area contributed by atoms with Crippen LogP contribution in [0.15, 0.2) is 52.8 Å². The van der Waals surface area contributed by atoms with Gasteiger partial charge in [-0.2, -0.15) is 0 Å². The Labute approximate surface area is 146 Å². The lowest BCUT2D eigenvalue weighted by molar-refractivity contribution is 0.0600. The Morgan fingerprint density at radius 1 is 1.24 bits per heavy atom. The summed E-state index contributed by atoms with van der Waals surface area (Å²) < 4.78 is 6.13. The molecule has 1 aromatic carbocycles. The van der Waals surface area contributed by atoms with Crippen LogP contribution in [0, 0.1) is 0 Å². The Balaban J connectivity index is 2.08. The molecule has 8 nitrogen and oxygen atoms in total. The fourth-order valence-electron chi connectivity index (χ4n) is 2.16. The number of pyridine rings is 1. The Hall–Kier alpha value is -3.26. The molecular formula is C16H11ClN4O4. The van der Waals surface area contributed by atoms with Crippen LogP contribution in [0.2, 0.25) is 5.02 Å². The van der Waals surface area contributed by atoms with Crippen LogP contribution in [-0.4, -0.2) is 33.5 Å². The van der Waals surface area contributed by atoms with Gasteiger partial charge in [-0.3, -0.25) is 4.40 Å². The van der Waals surface area contributed by atoms with Gasteiger partial charge in [-0.1, -0.05) is 17.7 Å². The van der Waals surface area contributed by atoms with Crippen molar-refractivity contribution in [1.82, 2.24) is 9.38 Å². The van der Waals surface area contributed by atoms with E-state index in [0.29, 0.717) is 5.65 Å². The standard InChI is InChI=1S/C16H11ClN4O4/c1-25-16(24)9-5-6-10(17)11(8-9)19-20-14-13(15(22)23)18-12-4-2-3-7-21(12)14/h2-8H,1H3,(H,22,23). The highest BCUT2D eigenvalue weighted by Gasteiger charge is 2.18. The number of benzene rings is 1. The summed E-state index contributed by atoms with van der Waals surface area (Å²) in [5.74, 6) is -1.73. The molecule has 0 aliphatic carbocycles. The number of esters is 1. The van der Waals surface area contributed by atoms with Crippen molar-refractivity contribution in [3.8, 4) is 0 Å². The van der Waals surface area contributed by atoms with E-state index in [1.807, 2.05) is 0 Å². The van der Waals surface area contributed by atoms with E-state index in [1.165, 1.54) is 29.7 Å². The molecule has 0 saturated heterocycles. The van der Waals surface area contributed by atoms with Crippen LogP contribution in [0.4, 0.5) is 11.5 Å². The first-order chi connectivity index (χ1) is 12.0. The van der Waals surface area contributed by atoms with Crippen molar-refractivity contribution in [2.45, 2.75) is 0 Å². The van der Waals surface area contributed by atoms with E-state index in [0.717, 1.165) is 0 Å². The molecule has 0 unspecified atom stereocenters. The summed E-state index contributed by atoms with van der Waals surface area (Å²) in [5.41, 5.74) is 0.627. The van der Waals surface area contributed by atoms with E-state index in [2.05, 4.69) is 19.9 Å². The molecule has 0 aliphatic rings. The van der Waals surface area contributed by atoms with Gasteiger partial charge in [0.2, 0.25) is 0 Å². The summed E-state index contributed by atoms with van der Waals surface area (Å²) in [6.45, 7) is 0. The number of rotatable bonds is 4. The Bertz CT molecular complexity index is 1010. The van der Waals surface area contributed by atoms with Crippen LogP contribution in [0.1, 0.15) is 20.8 Å². The van der Waals surface area contributed by atoms with E-state index >= 15 is 0 Å². The lowest BCUT2D eigenvalue weighted by atomic mass is 10.2. The number of carbonyl (C=O) groups is 2. The molecule has 0 aliphatic heterocycles. The van der Waals surface area contributed by atoms with Crippen LogP contribution in [0.3, 0.4) is 0 Å². The molecule has 0 bridgehead atoms. The Morgan fingerprint density at radius 2 is 2.04 bits per heavy atom. The van der Waals surface area contributed by atoms with Gasteiger partial charge in [0.25, 0.3) is 0 Å². The molecule has 0 saturated carbocycles. The second-order valence-corrected chi connectivity index (χ2v) is 5.28.